The highest BCUT2D eigenvalue weighted by atomic mass is 16.2. The summed E-state index contributed by atoms with van der Waals surface area (Å²) in [6.45, 7) is 0.603. The Morgan fingerprint density at radius 2 is 1.76 bits per heavy atom. The lowest BCUT2D eigenvalue weighted by Crippen LogP contribution is -2.30. The molecular formula is C20H20N4O. The Kier molecular flexibility index (Phi) is 4.29. The van der Waals surface area contributed by atoms with Crippen molar-refractivity contribution in [3.8, 4) is 0 Å². The largest absolute Gasteiger partial charge is 0.344 e. The van der Waals surface area contributed by atoms with E-state index in [1.54, 1.807) is 10.9 Å². The molecule has 0 radical (unpaired) electrons. The van der Waals surface area contributed by atoms with Crippen LogP contribution in [0.3, 0.4) is 0 Å². The van der Waals surface area contributed by atoms with Crippen molar-refractivity contribution >= 4 is 5.91 Å². The predicted molar refractivity (Wildman–Crippen MR) is 94.9 cm³/mol. The highest BCUT2D eigenvalue weighted by Crippen LogP contribution is 2.41. The van der Waals surface area contributed by atoms with Gasteiger partial charge in [-0.05, 0) is 29.9 Å². The summed E-state index contributed by atoms with van der Waals surface area (Å²) in [5.41, 5.74) is 2.63. The molecule has 0 saturated heterocycles. The van der Waals surface area contributed by atoms with Gasteiger partial charge in [-0.15, -0.1) is 5.10 Å². The third-order valence-electron chi connectivity index (χ3n) is 4.50. The number of aromatic nitrogens is 3. The molecule has 1 heterocycles. The zero-order valence-electron chi connectivity index (χ0n) is 13.9. The van der Waals surface area contributed by atoms with Crippen molar-refractivity contribution in [2.75, 3.05) is 0 Å². The van der Waals surface area contributed by atoms with Gasteiger partial charge in [0.2, 0.25) is 0 Å². The molecule has 3 aromatic rings. The molecule has 1 saturated carbocycles. The Bertz CT molecular complexity index is 840. The maximum Gasteiger partial charge on any atom is 0.273 e. The molecule has 126 valence electrons. The molecule has 1 amide bonds. The second-order valence-electron chi connectivity index (χ2n) is 6.49. The Hall–Kier alpha value is -2.95. The van der Waals surface area contributed by atoms with Gasteiger partial charge in [-0.25, -0.2) is 4.68 Å². The molecule has 5 nitrogen and oxygen atoms in total. The van der Waals surface area contributed by atoms with Crippen LogP contribution in [-0.2, 0) is 6.54 Å². The van der Waals surface area contributed by atoms with Gasteiger partial charge < -0.3 is 5.32 Å². The first-order valence-corrected chi connectivity index (χ1v) is 8.59. The van der Waals surface area contributed by atoms with Crippen LogP contribution in [0.2, 0.25) is 0 Å². The van der Waals surface area contributed by atoms with Gasteiger partial charge in [0, 0.05) is 0 Å². The van der Waals surface area contributed by atoms with Crippen LogP contribution in [0.25, 0.3) is 0 Å². The average molecular weight is 332 g/mol. The van der Waals surface area contributed by atoms with Crippen molar-refractivity contribution in [2.24, 2.45) is 5.92 Å². The summed E-state index contributed by atoms with van der Waals surface area (Å²) in [5.74, 6) is 0.353. The average Bonchev–Trinajstić information content (AvgIpc) is 3.39. The van der Waals surface area contributed by atoms with Gasteiger partial charge in [0.05, 0.1) is 18.8 Å². The maximum absolute atomic E-state index is 12.6. The molecule has 0 aliphatic heterocycles. The van der Waals surface area contributed by atoms with E-state index in [9.17, 15) is 4.79 Å². The highest BCUT2D eigenvalue weighted by Gasteiger charge is 2.33. The zero-order valence-corrected chi connectivity index (χ0v) is 13.9. The minimum atomic E-state index is -0.167. The van der Waals surface area contributed by atoms with Crippen LogP contribution in [0.5, 0.6) is 0 Å². The van der Waals surface area contributed by atoms with Gasteiger partial charge in [-0.2, -0.15) is 0 Å². The molecule has 2 aromatic carbocycles. The predicted octanol–water partition coefficient (Wildman–Crippen LogP) is 3.21. The topological polar surface area (TPSA) is 59.8 Å². The fraction of sp³-hybridized carbons (Fsp3) is 0.250. The summed E-state index contributed by atoms with van der Waals surface area (Å²) in [7, 11) is 0. The van der Waals surface area contributed by atoms with Gasteiger partial charge in [0.15, 0.2) is 5.69 Å². The SMILES string of the molecule is O=C(NC(c1ccccc1)C1CC1)c1cn(Cc2ccccc2)nn1. The lowest BCUT2D eigenvalue weighted by molar-refractivity contribution is 0.0926. The van der Waals surface area contributed by atoms with Crippen LogP contribution < -0.4 is 5.32 Å². The Morgan fingerprint density at radius 1 is 1.08 bits per heavy atom. The van der Waals surface area contributed by atoms with E-state index < -0.39 is 0 Å². The summed E-state index contributed by atoms with van der Waals surface area (Å²) >= 11 is 0. The lowest BCUT2D eigenvalue weighted by atomic mass is 10.0. The second-order valence-corrected chi connectivity index (χ2v) is 6.49. The minimum Gasteiger partial charge on any atom is -0.344 e. The first-order chi connectivity index (χ1) is 12.3. The van der Waals surface area contributed by atoms with Crippen LogP contribution in [0.1, 0.15) is 40.5 Å². The molecule has 1 unspecified atom stereocenters. The molecule has 1 fully saturated rings. The van der Waals surface area contributed by atoms with Crippen LogP contribution in [0.15, 0.2) is 66.9 Å². The summed E-state index contributed by atoms with van der Waals surface area (Å²) < 4.78 is 1.69. The molecule has 4 rings (SSSR count). The molecular weight excluding hydrogens is 312 g/mol. The summed E-state index contributed by atoms with van der Waals surface area (Å²) in [5, 5.41) is 11.3. The van der Waals surface area contributed by atoms with Crippen molar-refractivity contribution in [3.05, 3.63) is 83.7 Å². The summed E-state index contributed by atoms with van der Waals surface area (Å²) in [4.78, 5) is 12.6. The molecule has 5 heteroatoms. The van der Waals surface area contributed by atoms with Crippen molar-refractivity contribution in [3.63, 3.8) is 0 Å². The van der Waals surface area contributed by atoms with Crippen molar-refractivity contribution in [1.29, 1.82) is 0 Å². The van der Waals surface area contributed by atoms with E-state index in [1.807, 2.05) is 48.5 Å². The number of hydrogen-bond donors (Lipinski definition) is 1. The zero-order chi connectivity index (χ0) is 17.1. The molecule has 0 spiro atoms. The number of carbonyl (C=O) groups is 1. The van der Waals surface area contributed by atoms with Crippen LogP contribution in [-0.4, -0.2) is 20.9 Å². The van der Waals surface area contributed by atoms with Crippen LogP contribution >= 0.6 is 0 Å². The summed E-state index contributed by atoms with van der Waals surface area (Å²) in [6.07, 6.45) is 4.01. The van der Waals surface area contributed by atoms with E-state index in [2.05, 4.69) is 27.8 Å². The molecule has 1 aliphatic carbocycles. The van der Waals surface area contributed by atoms with E-state index in [1.165, 1.54) is 0 Å². The monoisotopic (exact) mass is 332 g/mol. The smallest absolute Gasteiger partial charge is 0.273 e. The van der Waals surface area contributed by atoms with Gasteiger partial charge in [0.25, 0.3) is 5.91 Å². The van der Waals surface area contributed by atoms with E-state index >= 15 is 0 Å². The van der Waals surface area contributed by atoms with Gasteiger partial charge in [-0.3, -0.25) is 4.79 Å². The highest BCUT2D eigenvalue weighted by molar-refractivity contribution is 5.92. The number of benzene rings is 2. The molecule has 25 heavy (non-hydrogen) atoms. The van der Waals surface area contributed by atoms with E-state index in [0.29, 0.717) is 18.2 Å². The van der Waals surface area contributed by atoms with Gasteiger partial charge in [-0.1, -0.05) is 65.9 Å². The van der Waals surface area contributed by atoms with Gasteiger partial charge in [0.1, 0.15) is 0 Å². The van der Waals surface area contributed by atoms with Crippen molar-refractivity contribution < 1.29 is 4.79 Å². The Labute approximate surface area is 146 Å². The second kappa shape index (κ2) is 6.89. The number of carbonyl (C=O) groups excluding carboxylic acids is 1. The third kappa shape index (κ3) is 3.76. The molecule has 1 N–H and O–H groups in total. The van der Waals surface area contributed by atoms with Crippen LogP contribution in [0.4, 0.5) is 0 Å². The number of nitrogens with one attached hydrogen (secondary N) is 1. The lowest BCUT2D eigenvalue weighted by Gasteiger charge is -2.17. The first kappa shape index (κ1) is 15.6. The van der Waals surface area contributed by atoms with Gasteiger partial charge >= 0.3 is 0 Å². The number of amides is 1. The molecule has 1 aromatic heterocycles. The maximum atomic E-state index is 12.6. The third-order valence-corrected chi connectivity index (χ3v) is 4.50. The van der Waals surface area contributed by atoms with E-state index in [4.69, 9.17) is 0 Å². The standard InChI is InChI=1S/C20H20N4O/c25-20(21-19(17-11-12-17)16-9-5-2-6-10-16)18-14-24(23-22-18)13-15-7-3-1-4-8-15/h1-10,14,17,19H,11-13H2,(H,21,25). The summed E-state index contributed by atoms with van der Waals surface area (Å²) in [6, 6.07) is 20.2. The van der Waals surface area contributed by atoms with E-state index in [-0.39, 0.29) is 11.9 Å². The molecule has 1 atom stereocenters. The number of nitrogens with zero attached hydrogens (tertiary/aromatic N) is 3. The first-order valence-electron chi connectivity index (χ1n) is 8.59. The molecule has 0 bridgehead atoms. The number of rotatable bonds is 6. The number of hydrogen-bond acceptors (Lipinski definition) is 3. The Balaban J connectivity index is 1.46. The van der Waals surface area contributed by atoms with E-state index in [0.717, 1.165) is 24.0 Å². The minimum absolute atomic E-state index is 0.0490. The van der Waals surface area contributed by atoms with Crippen LogP contribution in [0, 0.1) is 5.92 Å². The molecule has 1 aliphatic rings. The van der Waals surface area contributed by atoms with Crippen molar-refractivity contribution in [2.45, 2.75) is 25.4 Å². The van der Waals surface area contributed by atoms with Crippen molar-refractivity contribution in [1.82, 2.24) is 20.3 Å². The fourth-order valence-electron chi connectivity index (χ4n) is 3.03. The fourth-order valence-corrected chi connectivity index (χ4v) is 3.03. The normalized spacial score (nSPS) is 14.9. The Morgan fingerprint density at radius 3 is 2.44 bits per heavy atom. The quantitative estimate of drug-likeness (QED) is 0.754.